The molecule has 1 aromatic heterocycles. The Labute approximate surface area is 173 Å². The molecule has 2 saturated heterocycles. The minimum absolute atomic E-state index is 0.131. The Morgan fingerprint density at radius 1 is 1.18 bits per heavy atom. The van der Waals surface area contributed by atoms with Gasteiger partial charge in [0, 0.05) is 19.6 Å². The number of amides is 1. The van der Waals surface area contributed by atoms with Gasteiger partial charge in [0.05, 0.1) is 30.6 Å². The van der Waals surface area contributed by atoms with Gasteiger partial charge < -0.3 is 20.3 Å². The standard InChI is InChI=1S/C21H25BrN4O2/c22-19-9-5-8-17(24-19)21(27)25-16-7-4-6-15(18-14-28-13-10-23-18)20(16)26-11-2-1-3-12-26/h4-9,18,23H,1-3,10-14H2,(H,25,27). The van der Waals surface area contributed by atoms with Crippen LogP contribution < -0.4 is 15.5 Å². The van der Waals surface area contributed by atoms with Crippen LogP contribution in [0.5, 0.6) is 0 Å². The van der Waals surface area contributed by atoms with Crippen molar-refractivity contribution in [3.8, 4) is 0 Å². The minimum Gasteiger partial charge on any atom is -0.378 e. The number of nitrogens with one attached hydrogen (secondary N) is 2. The van der Waals surface area contributed by atoms with E-state index in [1.807, 2.05) is 24.3 Å². The van der Waals surface area contributed by atoms with E-state index in [-0.39, 0.29) is 11.9 Å². The number of morpholine rings is 1. The molecule has 1 amide bonds. The number of ether oxygens (including phenoxy) is 1. The Bertz CT molecular complexity index is 833. The lowest BCUT2D eigenvalue weighted by Gasteiger charge is -2.35. The number of benzene rings is 1. The highest BCUT2D eigenvalue weighted by Crippen LogP contribution is 2.36. The molecule has 2 N–H and O–H groups in total. The number of hydrogen-bond acceptors (Lipinski definition) is 5. The number of anilines is 2. The number of rotatable bonds is 4. The molecule has 0 spiro atoms. The maximum atomic E-state index is 12.8. The number of carbonyl (C=O) groups is 1. The molecule has 28 heavy (non-hydrogen) atoms. The summed E-state index contributed by atoms with van der Waals surface area (Å²) < 4.78 is 6.35. The minimum atomic E-state index is -0.204. The van der Waals surface area contributed by atoms with Gasteiger partial charge in [-0.25, -0.2) is 4.98 Å². The lowest BCUT2D eigenvalue weighted by atomic mass is 9.99. The van der Waals surface area contributed by atoms with Crippen molar-refractivity contribution in [1.29, 1.82) is 0 Å². The normalized spacial score (nSPS) is 20.0. The Balaban J connectivity index is 1.68. The SMILES string of the molecule is O=C(Nc1cccc(C2COCCN2)c1N1CCCCC1)c1cccc(Br)n1. The number of para-hydroxylation sites is 1. The van der Waals surface area contributed by atoms with E-state index < -0.39 is 0 Å². The average molecular weight is 445 g/mol. The van der Waals surface area contributed by atoms with Crippen molar-refractivity contribution < 1.29 is 9.53 Å². The molecule has 1 atom stereocenters. The zero-order chi connectivity index (χ0) is 19.3. The molecule has 1 aromatic carbocycles. The van der Waals surface area contributed by atoms with Crippen LogP contribution >= 0.6 is 15.9 Å². The van der Waals surface area contributed by atoms with E-state index in [4.69, 9.17) is 4.74 Å². The Kier molecular flexibility index (Phi) is 6.24. The van der Waals surface area contributed by atoms with Gasteiger partial charge in [-0.2, -0.15) is 0 Å². The summed E-state index contributed by atoms with van der Waals surface area (Å²) in [5, 5.41) is 6.65. The molecule has 0 bridgehead atoms. The molecule has 0 saturated carbocycles. The monoisotopic (exact) mass is 444 g/mol. The first-order chi connectivity index (χ1) is 13.7. The predicted octanol–water partition coefficient (Wildman–Crippen LogP) is 3.75. The summed E-state index contributed by atoms with van der Waals surface area (Å²) in [6.45, 7) is 4.22. The molecule has 2 aromatic rings. The van der Waals surface area contributed by atoms with Gasteiger partial charge in [0.15, 0.2) is 0 Å². The summed E-state index contributed by atoms with van der Waals surface area (Å²) in [5.74, 6) is -0.204. The van der Waals surface area contributed by atoms with Crippen molar-refractivity contribution in [3.63, 3.8) is 0 Å². The molecule has 0 radical (unpaired) electrons. The largest absolute Gasteiger partial charge is 0.378 e. The zero-order valence-corrected chi connectivity index (χ0v) is 17.4. The van der Waals surface area contributed by atoms with Crippen molar-refractivity contribution in [1.82, 2.24) is 10.3 Å². The Morgan fingerprint density at radius 2 is 2.00 bits per heavy atom. The highest BCUT2D eigenvalue weighted by Gasteiger charge is 2.25. The van der Waals surface area contributed by atoms with E-state index in [1.165, 1.54) is 24.8 Å². The van der Waals surface area contributed by atoms with Crippen LogP contribution in [-0.4, -0.2) is 43.7 Å². The van der Waals surface area contributed by atoms with E-state index >= 15 is 0 Å². The van der Waals surface area contributed by atoms with Crippen molar-refractivity contribution in [2.75, 3.05) is 43.1 Å². The first kappa shape index (κ1) is 19.4. The summed E-state index contributed by atoms with van der Waals surface area (Å²) in [4.78, 5) is 19.5. The molecule has 7 heteroatoms. The van der Waals surface area contributed by atoms with Crippen LogP contribution in [0.25, 0.3) is 0 Å². The summed E-state index contributed by atoms with van der Waals surface area (Å²) in [7, 11) is 0. The second-order valence-electron chi connectivity index (χ2n) is 7.17. The number of aromatic nitrogens is 1. The number of nitrogens with zero attached hydrogens (tertiary/aromatic N) is 2. The van der Waals surface area contributed by atoms with Crippen molar-refractivity contribution in [3.05, 3.63) is 52.3 Å². The van der Waals surface area contributed by atoms with E-state index in [9.17, 15) is 4.79 Å². The van der Waals surface area contributed by atoms with Gasteiger partial charge in [-0.05, 0) is 59.0 Å². The average Bonchev–Trinajstić information content (AvgIpc) is 2.75. The maximum Gasteiger partial charge on any atom is 0.274 e. The number of carbonyl (C=O) groups excluding carboxylic acids is 1. The van der Waals surface area contributed by atoms with Crippen LogP contribution in [0.4, 0.5) is 11.4 Å². The lowest BCUT2D eigenvalue weighted by molar-refractivity contribution is 0.0770. The molecule has 148 valence electrons. The van der Waals surface area contributed by atoms with Gasteiger partial charge in [-0.15, -0.1) is 0 Å². The summed E-state index contributed by atoms with van der Waals surface area (Å²) in [6.07, 6.45) is 3.60. The van der Waals surface area contributed by atoms with Gasteiger partial charge in [0.1, 0.15) is 10.3 Å². The van der Waals surface area contributed by atoms with Crippen LogP contribution in [-0.2, 0) is 4.74 Å². The fourth-order valence-electron chi connectivity index (χ4n) is 3.90. The third kappa shape index (κ3) is 4.37. The van der Waals surface area contributed by atoms with E-state index in [0.29, 0.717) is 16.9 Å². The van der Waals surface area contributed by atoms with Crippen LogP contribution in [0, 0.1) is 0 Å². The topological polar surface area (TPSA) is 66.5 Å². The van der Waals surface area contributed by atoms with Gasteiger partial charge >= 0.3 is 0 Å². The molecule has 2 aliphatic heterocycles. The maximum absolute atomic E-state index is 12.8. The van der Waals surface area contributed by atoms with Crippen LogP contribution in [0.3, 0.4) is 0 Å². The third-order valence-corrected chi connectivity index (χ3v) is 5.67. The third-order valence-electron chi connectivity index (χ3n) is 5.23. The zero-order valence-electron chi connectivity index (χ0n) is 15.8. The summed E-state index contributed by atoms with van der Waals surface area (Å²) >= 11 is 3.34. The molecule has 1 unspecified atom stereocenters. The van der Waals surface area contributed by atoms with Crippen molar-refractivity contribution in [2.45, 2.75) is 25.3 Å². The van der Waals surface area contributed by atoms with E-state index in [1.54, 1.807) is 6.07 Å². The van der Waals surface area contributed by atoms with Gasteiger partial charge in [0.25, 0.3) is 5.91 Å². The highest BCUT2D eigenvalue weighted by atomic mass is 79.9. The van der Waals surface area contributed by atoms with Crippen LogP contribution in [0.1, 0.15) is 41.4 Å². The molecular formula is C21H25BrN4O2. The van der Waals surface area contributed by atoms with Gasteiger partial charge in [0.2, 0.25) is 0 Å². The molecule has 4 rings (SSSR count). The lowest BCUT2D eigenvalue weighted by Crippen LogP contribution is -2.37. The highest BCUT2D eigenvalue weighted by molar-refractivity contribution is 9.10. The Morgan fingerprint density at radius 3 is 2.75 bits per heavy atom. The summed E-state index contributed by atoms with van der Waals surface area (Å²) in [6, 6.07) is 11.6. The van der Waals surface area contributed by atoms with E-state index in [0.717, 1.165) is 37.6 Å². The second kappa shape index (κ2) is 9.03. The van der Waals surface area contributed by atoms with Crippen molar-refractivity contribution in [2.24, 2.45) is 0 Å². The smallest absolute Gasteiger partial charge is 0.274 e. The quantitative estimate of drug-likeness (QED) is 0.702. The number of hydrogen-bond donors (Lipinski definition) is 2. The summed E-state index contributed by atoms with van der Waals surface area (Å²) in [5.41, 5.74) is 3.51. The Hall–Kier alpha value is -1.96. The second-order valence-corrected chi connectivity index (χ2v) is 7.98. The van der Waals surface area contributed by atoms with Crippen LogP contribution in [0.15, 0.2) is 41.0 Å². The fourth-order valence-corrected chi connectivity index (χ4v) is 4.24. The van der Waals surface area contributed by atoms with E-state index in [2.05, 4.69) is 42.5 Å². The molecule has 2 aliphatic rings. The molecule has 0 aliphatic carbocycles. The van der Waals surface area contributed by atoms with Gasteiger partial charge in [-0.1, -0.05) is 18.2 Å². The van der Waals surface area contributed by atoms with Crippen molar-refractivity contribution >= 4 is 33.2 Å². The van der Waals surface area contributed by atoms with Crippen LogP contribution in [0.2, 0.25) is 0 Å². The first-order valence-electron chi connectivity index (χ1n) is 9.85. The fraction of sp³-hybridized carbons (Fsp3) is 0.429. The molecular weight excluding hydrogens is 420 g/mol. The number of piperidine rings is 1. The number of halogens is 1. The molecule has 6 nitrogen and oxygen atoms in total. The molecule has 3 heterocycles. The van der Waals surface area contributed by atoms with Gasteiger partial charge in [-0.3, -0.25) is 4.79 Å². The number of pyridine rings is 1. The predicted molar refractivity (Wildman–Crippen MR) is 114 cm³/mol. The first-order valence-corrected chi connectivity index (χ1v) is 10.6. The molecule has 2 fully saturated rings.